The van der Waals surface area contributed by atoms with Gasteiger partial charge in [0.25, 0.3) is 0 Å². The van der Waals surface area contributed by atoms with Crippen LogP contribution in [0.5, 0.6) is 0 Å². The summed E-state index contributed by atoms with van der Waals surface area (Å²) in [5.74, 6) is 0.00745. The maximum atomic E-state index is 14.7. The number of halogens is 1. The molecule has 0 bridgehead atoms. The molecule has 2 amide bonds. The van der Waals surface area contributed by atoms with Gasteiger partial charge in [-0.25, -0.2) is 9.78 Å². The number of benzene rings is 1. The van der Waals surface area contributed by atoms with Crippen molar-refractivity contribution in [2.24, 2.45) is 5.41 Å². The number of piperazine rings is 1. The van der Waals surface area contributed by atoms with Crippen LogP contribution in [0.2, 0.25) is 5.02 Å². The lowest BCUT2D eigenvalue weighted by Crippen LogP contribution is -2.63. The van der Waals surface area contributed by atoms with E-state index in [-0.39, 0.29) is 37.0 Å². The van der Waals surface area contributed by atoms with Gasteiger partial charge in [-0.15, -0.1) is 0 Å². The predicted molar refractivity (Wildman–Crippen MR) is 183 cm³/mol. The second kappa shape index (κ2) is 14.4. The van der Waals surface area contributed by atoms with Crippen molar-refractivity contribution in [3.63, 3.8) is 0 Å². The molecule has 47 heavy (non-hydrogen) atoms. The number of hydrogen-bond acceptors (Lipinski definition) is 6. The van der Waals surface area contributed by atoms with E-state index < -0.39 is 6.04 Å². The minimum Gasteiger partial charge on any atom is -0.446 e. The largest absolute Gasteiger partial charge is 0.446 e. The number of ether oxygens (including phenoxy) is 1. The summed E-state index contributed by atoms with van der Waals surface area (Å²) in [7, 11) is 0. The highest BCUT2D eigenvalue weighted by molar-refractivity contribution is 6.30. The first-order chi connectivity index (χ1) is 22.4. The summed E-state index contributed by atoms with van der Waals surface area (Å²) in [5, 5.41) is 0.726. The first kappa shape index (κ1) is 33.5. The van der Waals surface area contributed by atoms with Gasteiger partial charge in [-0.3, -0.25) is 19.6 Å². The second-order valence-electron chi connectivity index (χ2n) is 14.1. The minimum absolute atomic E-state index is 0. The third kappa shape index (κ3) is 7.21. The number of carbonyl (C=O) groups is 2. The van der Waals surface area contributed by atoms with E-state index in [1.807, 2.05) is 35.8 Å². The molecule has 1 unspecified atom stereocenters. The van der Waals surface area contributed by atoms with Crippen molar-refractivity contribution in [2.75, 3.05) is 32.7 Å². The molecule has 7 rings (SSSR count). The van der Waals surface area contributed by atoms with Gasteiger partial charge in [0.2, 0.25) is 5.91 Å². The number of amides is 2. The highest BCUT2D eigenvalue weighted by atomic mass is 35.5. The monoisotopic (exact) mass is 660 g/mol. The number of imidazole rings is 1. The average Bonchev–Trinajstić information content (AvgIpc) is 3.51. The van der Waals surface area contributed by atoms with Gasteiger partial charge < -0.3 is 14.2 Å². The van der Waals surface area contributed by atoms with Crippen molar-refractivity contribution in [3.8, 4) is 0 Å². The number of piperidine rings is 1. The maximum Gasteiger partial charge on any atom is 0.410 e. The van der Waals surface area contributed by atoms with Gasteiger partial charge in [0.1, 0.15) is 12.1 Å². The van der Waals surface area contributed by atoms with Crippen LogP contribution < -0.4 is 0 Å². The number of carbonyl (C=O) groups excluding carboxylic acids is 2. The maximum absolute atomic E-state index is 14.7. The van der Waals surface area contributed by atoms with E-state index in [1.165, 1.54) is 23.1 Å². The Balaban J connectivity index is 0.00000386. The van der Waals surface area contributed by atoms with Crippen LogP contribution in [-0.2, 0) is 28.9 Å². The Morgan fingerprint density at radius 2 is 1.85 bits per heavy atom. The number of hydrogen-bond donors (Lipinski definition) is 0. The molecule has 10 heteroatoms. The lowest BCUT2D eigenvalue weighted by atomic mass is 9.81. The molecule has 2 aliphatic heterocycles. The summed E-state index contributed by atoms with van der Waals surface area (Å²) < 4.78 is 8.20. The van der Waals surface area contributed by atoms with Crippen LogP contribution in [0.4, 0.5) is 4.79 Å². The van der Waals surface area contributed by atoms with Crippen LogP contribution in [0.1, 0.15) is 87.7 Å². The molecule has 3 atom stereocenters. The summed E-state index contributed by atoms with van der Waals surface area (Å²) in [6.45, 7) is 5.83. The Kier molecular flexibility index (Phi) is 10.2. The van der Waals surface area contributed by atoms with E-state index in [0.29, 0.717) is 32.7 Å². The van der Waals surface area contributed by atoms with Gasteiger partial charge in [-0.1, -0.05) is 44.5 Å². The topological polar surface area (TPSA) is 83.8 Å². The number of rotatable bonds is 5. The van der Waals surface area contributed by atoms with Crippen molar-refractivity contribution >= 4 is 23.6 Å². The second-order valence-corrected chi connectivity index (χ2v) is 14.5. The summed E-state index contributed by atoms with van der Waals surface area (Å²) in [6, 6.07) is 9.54. The van der Waals surface area contributed by atoms with Crippen molar-refractivity contribution in [1.29, 1.82) is 0 Å². The molecule has 0 spiro atoms. The Labute approximate surface area is 284 Å². The van der Waals surface area contributed by atoms with Crippen molar-refractivity contribution in [3.05, 3.63) is 82.7 Å². The molecule has 0 radical (unpaired) electrons. The first-order valence-corrected chi connectivity index (χ1v) is 17.4. The third-order valence-corrected chi connectivity index (χ3v) is 10.8. The standard InChI is InChI=1S/C36H45ClN6O3.CH4/c1-36(23-40-18-16-38-25-40)14-6-17-42(24-36)34(44)31-22-41(19-20-43(31)35(45)46-29-8-3-2-4-9-29)33-30-13-12-28(37)21-27(30)11-10-26-7-5-15-39-32(26)33;/h5,7,12-13,15-16,18,21,25,29,31,33H,2-4,6,8-11,14,17,19-20,22-24H2,1H3;1H4/t31-,33+,36?;/m1./s1. The number of likely N-dealkylation sites (tertiary alicyclic amines) is 1. The Hall–Kier alpha value is -3.43. The molecule has 2 saturated heterocycles. The van der Waals surface area contributed by atoms with E-state index in [1.54, 1.807) is 11.1 Å². The van der Waals surface area contributed by atoms with Gasteiger partial charge in [0, 0.05) is 68.3 Å². The summed E-state index contributed by atoms with van der Waals surface area (Å²) in [6.07, 6.45) is 15.9. The molecule has 4 aliphatic rings. The minimum atomic E-state index is -0.647. The van der Waals surface area contributed by atoms with Gasteiger partial charge in [-0.05, 0) is 86.3 Å². The molecular weight excluding hydrogens is 612 g/mol. The molecule has 2 aliphatic carbocycles. The molecule has 3 fully saturated rings. The zero-order valence-electron chi connectivity index (χ0n) is 26.8. The van der Waals surface area contributed by atoms with Crippen LogP contribution >= 0.6 is 11.6 Å². The number of nitrogens with zero attached hydrogens (tertiary/aromatic N) is 6. The molecule has 3 aromatic rings. The number of fused-ring (bicyclic) bond motifs is 2. The van der Waals surface area contributed by atoms with Gasteiger partial charge in [-0.2, -0.15) is 0 Å². The third-order valence-electron chi connectivity index (χ3n) is 10.6. The van der Waals surface area contributed by atoms with Crippen molar-refractivity contribution < 1.29 is 14.3 Å². The lowest BCUT2D eigenvalue weighted by Gasteiger charge is -2.47. The molecular formula is C37H49ClN6O3. The quantitative estimate of drug-likeness (QED) is 0.309. The van der Waals surface area contributed by atoms with Crippen molar-refractivity contribution in [1.82, 2.24) is 29.2 Å². The Bertz CT molecular complexity index is 1540. The number of aromatic nitrogens is 3. The normalized spacial score (nSPS) is 25.2. The molecule has 1 saturated carbocycles. The fraction of sp³-hybridized carbons (Fsp3) is 0.568. The highest BCUT2D eigenvalue weighted by Gasteiger charge is 2.44. The molecule has 1 aromatic carbocycles. The number of aryl methyl sites for hydroxylation is 2. The van der Waals surface area contributed by atoms with E-state index in [2.05, 4.69) is 39.6 Å². The van der Waals surface area contributed by atoms with Gasteiger partial charge >= 0.3 is 6.09 Å². The zero-order chi connectivity index (χ0) is 31.7. The molecule has 252 valence electrons. The van der Waals surface area contributed by atoms with Crippen LogP contribution in [-0.4, -0.2) is 86.1 Å². The predicted octanol–water partition coefficient (Wildman–Crippen LogP) is 6.54. The SMILES string of the molecule is C.CC1(Cn2ccnc2)CCCN(C(=O)[C@H]2CN([C@H]3c4ccc(Cl)cc4CCc4cccnc43)CCN2C(=O)OC2CCCCC2)C1. The van der Waals surface area contributed by atoms with E-state index in [4.69, 9.17) is 21.3 Å². The zero-order valence-corrected chi connectivity index (χ0v) is 27.6. The summed E-state index contributed by atoms with van der Waals surface area (Å²) >= 11 is 6.48. The summed E-state index contributed by atoms with van der Waals surface area (Å²) in [4.78, 5) is 43.8. The molecule has 0 N–H and O–H groups in total. The van der Waals surface area contributed by atoms with Crippen molar-refractivity contribution in [2.45, 2.75) is 96.9 Å². The summed E-state index contributed by atoms with van der Waals surface area (Å²) in [5.41, 5.74) is 4.55. The van der Waals surface area contributed by atoms with E-state index in [9.17, 15) is 9.59 Å². The first-order valence-electron chi connectivity index (χ1n) is 17.0. The fourth-order valence-electron chi connectivity index (χ4n) is 8.28. The molecule has 9 nitrogen and oxygen atoms in total. The molecule has 4 heterocycles. The van der Waals surface area contributed by atoms with Gasteiger partial charge in [0.05, 0.1) is 18.1 Å². The van der Waals surface area contributed by atoms with E-state index in [0.717, 1.165) is 68.6 Å². The fourth-order valence-corrected chi connectivity index (χ4v) is 8.47. The van der Waals surface area contributed by atoms with Gasteiger partial charge in [0.15, 0.2) is 0 Å². The van der Waals surface area contributed by atoms with Crippen LogP contribution in [0.3, 0.4) is 0 Å². The lowest BCUT2D eigenvalue weighted by molar-refractivity contribution is -0.143. The highest BCUT2D eigenvalue weighted by Crippen LogP contribution is 2.39. The van der Waals surface area contributed by atoms with Crippen LogP contribution in [0.15, 0.2) is 55.2 Å². The van der Waals surface area contributed by atoms with E-state index >= 15 is 0 Å². The smallest absolute Gasteiger partial charge is 0.410 e. The number of pyridine rings is 1. The van der Waals surface area contributed by atoms with Crippen LogP contribution in [0.25, 0.3) is 0 Å². The Morgan fingerprint density at radius 1 is 1.02 bits per heavy atom. The average molecular weight is 661 g/mol. The molecule has 2 aromatic heterocycles. The van der Waals surface area contributed by atoms with Crippen LogP contribution in [0, 0.1) is 5.41 Å². The Morgan fingerprint density at radius 3 is 2.66 bits per heavy atom.